The maximum absolute atomic E-state index is 12.2. The van der Waals surface area contributed by atoms with Crippen LogP contribution in [0.3, 0.4) is 0 Å². The molecular weight excluding hydrogens is 242 g/mol. The lowest BCUT2D eigenvalue weighted by atomic mass is 9.94. The van der Waals surface area contributed by atoms with Gasteiger partial charge in [0.2, 0.25) is 11.8 Å². The van der Waals surface area contributed by atoms with Crippen molar-refractivity contribution in [1.82, 2.24) is 10.2 Å². The zero-order valence-corrected chi connectivity index (χ0v) is 12.4. The molecule has 0 heterocycles. The van der Waals surface area contributed by atoms with E-state index >= 15 is 0 Å². The first kappa shape index (κ1) is 16.0. The van der Waals surface area contributed by atoms with Crippen LogP contribution in [-0.2, 0) is 9.59 Å². The van der Waals surface area contributed by atoms with Crippen LogP contribution < -0.4 is 11.1 Å². The Morgan fingerprint density at radius 1 is 1.32 bits per heavy atom. The van der Waals surface area contributed by atoms with Crippen LogP contribution >= 0.6 is 0 Å². The first-order chi connectivity index (χ1) is 8.86. The fourth-order valence-electron chi connectivity index (χ4n) is 2.59. The van der Waals surface area contributed by atoms with Gasteiger partial charge in [0.1, 0.15) is 0 Å². The van der Waals surface area contributed by atoms with Crippen LogP contribution in [0.1, 0.15) is 52.9 Å². The van der Waals surface area contributed by atoms with Gasteiger partial charge in [-0.25, -0.2) is 0 Å². The zero-order valence-electron chi connectivity index (χ0n) is 12.4. The highest BCUT2D eigenvalue weighted by atomic mass is 16.2. The number of carbonyl (C=O) groups excluding carboxylic acids is 2. The summed E-state index contributed by atoms with van der Waals surface area (Å²) in [6, 6.07) is 0.0944. The maximum Gasteiger partial charge on any atom is 0.239 e. The number of amides is 2. The molecule has 5 nitrogen and oxygen atoms in total. The van der Waals surface area contributed by atoms with Gasteiger partial charge < -0.3 is 16.0 Å². The molecule has 0 saturated heterocycles. The van der Waals surface area contributed by atoms with Crippen LogP contribution in [0.5, 0.6) is 0 Å². The number of rotatable bonds is 6. The fraction of sp³-hybridized carbons (Fsp3) is 0.857. The minimum Gasteiger partial charge on any atom is -0.352 e. The van der Waals surface area contributed by atoms with Gasteiger partial charge in [0.15, 0.2) is 0 Å². The smallest absolute Gasteiger partial charge is 0.239 e. The molecule has 19 heavy (non-hydrogen) atoms. The summed E-state index contributed by atoms with van der Waals surface area (Å²) in [5, 5.41) is 2.80. The lowest BCUT2D eigenvalue weighted by Gasteiger charge is -2.27. The van der Waals surface area contributed by atoms with Gasteiger partial charge in [-0.15, -0.1) is 0 Å². The summed E-state index contributed by atoms with van der Waals surface area (Å²) in [5.41, 5.74) is 5.87. The van der Waals surface area contributed by atoms with E-state index < -0.39 is 0 Å². The first-order valence-electron chi connectivity index (χ1n) is 7.22. The number of hydrogen-bond donors (Lipinski definition) is 2. The molecule has 5 heteroatoms. The number of nitrogens with one attached hydrogen (secondary N) is 1. The Hall–Kier alpha value is -1.10. The third kappa shape index (κ3) is 5.19. The molecule has 0 aromatic heterocycles. The Bertz CT molecular complexity index is 323. The van der Waals surface area contributed by atoms with Crippen LogP contribution in [-0.4, -0.2) is 41.4 Å². The van der Waals surface area contributed by atoms with Gasteiger partial charge in [-0.2, -0.15) is 0 Å². The molecule has 2 amide bonds. The highest BCUT2D eigenvalue weighted by molar-refractivity contribution is 5.85. The van der Waals surface area contributed by atoms with Crippen molar-refractivity contribution in [2.24, 2.45) is 5.73 Å². The largest absolute Gasteiger partial charge is 0.352 e. The molecule has 110 valence electrons. The van der Waals surface area contributed by atoms with Crippen molar-refractivity contribution in [2.45, 2.75) is 64.5 Å². The molecular formula is C14H27N3O2. The van der Waals surface area contributed by atoms with E-state index in [9.17, 15) is 9.59 Å². The Balaban J connectivity index is 2.49. The summed E-state index contributed by atoms with van der Waals surface area (Å²) < 4.78 is 0. The number of hydrogen-bond acceptors (Lipinski definition) is 3. The molecule has 0 unspecified atom stereocenters. The molecule has 0 aromatic carbocycles. The average molecular weight is 269 g/mol. The molecule has 0 bridgehead atoms. The van der Waals surface area contributed by atoms with E-state index in [0.717, 1.165) is 25.7 Å². The SMILES string of the molecule is CCN(CC(=O)NC(C)C)C(=O)CC1(N)CCCC1. The van der Waals surface area contributed by atoms with Crippen molar-refractivity contribution in [3.8, 4) is 0 Å². The van der Waals surface area contributed by atoms with Crippen LogP contribution in [0, 0.1) is 0 Å². The lowest BCUT2D eigenvalue weighted by Crippen LogP contribution is -2.47. The van der Waals surface area contributed by atoms with Gasteiger partial charge in [0, 0.05) is 24.5 Å². The molecule has 0 aliphatic heterocycles. The van der Waals surface area contributed by atoms with Gasteiger partial charge in [0.05, 0.1) is 6.54 Å². The maximum atomic E-state index is 12.2. The summed E-state index contributed by atoms with van der Waals surface area (Å²) in [7, 11) is 0. The number of nitrogens with zero attached hydrogens (tertiary/aromatic N) is 1. The summed E-state index contributed by atoms with van der Waals surface area (Å²) in [6.45, 7) is 6.37. The highest BCUT2D eigenvalue weighted by Crippen LogP contribution is 2.30. The second kappa shape index (κ2) is 6.89. The van der Waals surface area contributed by atoms with Gasteiger partial charge in [0.25, 0.3) is 0 Å². The Kier molecular flexibility index (Phi) is 5.79. The second-order valence-electron chi connectivity index (χ2n) is 5.88. The van der Waals surface area contributed by atoms with Crippen molar-refractivity contribution in [2.75, 3.05) is 13.1 Å². The van der Waals surface area contributed by atoms with Gasteiger partial charge in [-0.05, 0) is 33.6 Å². The standard InChI is InChI=1S/C14H27N3O2/c1-4-17(10-12(18)16-11(2)3)13(19)9-14(15)7-5-6-8-14/h11H,4-10,15H2,1-3H3,(H,16,18). The minimum absolute atomic E-state index is 0.00851. The number of likely N-dealkylation sites (N-methyl/N-ethyl adjacent to an activating group) is 1. The van der Waals surface area contributed by atoms with Crippen molar-refractivity contribution >= 4 is 11.8 Å². The van der Waals surface area contributed by atoms with E-state index in [4.69, 9.17) is 5.73 Å². The minimum atomic E-state index is -0.348. The number of carbonyl (C=O) groups is 2. The van der Waals surface area contributed by atoms with E-state index in [0.29, 0.717) is 13.0 Å². The Morgan fingerprint density at radius 3 is 2.37 bits per heavy atom. The van der Waals surface area contributed by atoms with Gasteiger partial charge >= 0.3 is 0 Å². The molecule has 1 saturated carbocycles. The van der Waals surface area contributed by atoms with Crippen LogP contribution in [0.4, 0.5) is 0 Å². The van der Waals surface area contributed by atoms with E-state index in [1.807, 2.05) is 20.8 Å². The topological polar surface area (TPSA) is 75.4 Å². The molecule has 0 spiro atoms. The third-order valence-electron chi connectivity index (χ3n) is 3.62. The highest BCUT2D eigenvalue weighted by Gasteiger charge is 2.33. The Morgan fingerprint density at radius 2 is 1.89 bits per heavy atom. The van der Waals surface area contributed by atoms with Crippen molar-refractivity contribution < 1.29 is 9.59 Å². The third-order valence-corrected chi connectivity index (χ3v) is 3.62. The van der Waals surface area contributed by atoms with Crippen LogP contribution in [0.15, 0.2) is 0 Å². The van der Waals surface area contributed by atoms with Gasteiger partial charge in [-0.1, -0.05) is 12.8 Å². The zero-order chi connectivity index (χ0) is 14.5. The average Bonchev–Trinajstić information content (AvgIpc) is 2.71. The van der Waals surface area contributed by atoms with E-state index in [-0.39, 0.29) is 29.9 Å². The molecule has 0 aromatic rings. The van der Waals surface area contributed by atoms with E-state index in [1.165, 1.54) is 0 Å². The molecule has 0 radical (unpaired) electrons. The first-order valence-corrected chi connectivity index (χ1v) is 7.22. The molecule has 0 atom stereocenters. The van der Waals surface area contributed by atoms with Gasteiger partial charge in [-0.3, -0.25) is 9.59 Å². The molecule has 1 aliphatic rings. The van der Waals surface area contributed by atoms with E-state index in [1.54, 1.807) is 4.90 Å². The molecule has 1 aliphatic carbocycles. The predicted molar refractivity (Wildman–Crippen MR) is 75.5 cm³/mol. The molecule has 1 rings (SSSR count). The Labute approximate surface area is 115 Å². The molecule has 3 N–H and O–H groups in total. The van der Waals surface area contributed by atoms with Crippen molar-refractivity contribution in [3.05, 3.63) is 0 Å². The summed E-state index contributed by atoms with van der Waals surface area (Å²) in [6.07, 6.45) is 4.38. The molecule has 1 fully saturated rings. The summed E-state index contributed by atoms with van der Waals surface area (Å²) in [4.78, 5) is 25.5. The van der Waals surface area contributed by atoms with E-state index in [2.05, 4.69) is 5.32 Å². The fourth-order valence-corrected chi connectivity index (χ4v) is 2.59. The summed E-state index contributed by atoms with van der Waals surface area (Å²) in [5.74, 6) is -0.117. The predicted octanol–water partition coefficient (Wildman–Crippen LogP) is 1.02. The lowest BCUT2D eigenvalue weighted by molar-refractivity contribution is -0.137. The van der Waals surface area contributed by atoms with Crippen molar-refractivity contribution in [3.63, 3.8) is 0 Å². The summed E-state index contributed by atoms with van der Waals surface area (Å²) >= 11 is 0. The van der Waals surface area contributed by atoms with Crippen LogP contribution in [0.2, 0.25) is 0 Å². The van der Waals surface area contributed by atoms with Crippen molar-refractivity contribution in [1.29, 1.82) is 0 Å². The monoisotopic (exact) mass is 269 g/mol. The van der Waals surface area contributed by atoms with Crippen LogP contribution in [0.25, 0.3) is 0 Å². The quantitative estimate of drug-likeness (QED) is 0.756. The number of nitrogens with two attached hydrogens (primary N) is 1. The normalized spacial score (nSPS) is 17.5. The second-order valence-corrected chi connectivity index (χ2v) is 5.88.